The summed E-state index contributed by atoms with van der Waals surface area (Å²) in [5, 5.41) is 9.34. The predicted molar refractivity (Wildman–Crippen MR) is 74.8 cm³/mol. The number of hydrogen-bond acceptors (Lipinski definition) is 3. The van der Waals surface area contributed by atoms with Gasteiger partial charge in [-0.05, 0) is 23.8 Å². The Morgan fingerprint density at radius 2 is 2.25 bits per heavy atom. The van der Waals surface area contributed by atoms with Crippen molar-refractivity contribution in [3.8, 4) is 0 Å². The van der Waals surface area contributed by atoms with Crippen molar-refractivity contribution in [3.63, 3.8) is 0 Å². The van der Waals surface area contributed by atoms with Crippen LogP contribution in [0.25, 0.3) is 10.9 Å². The molecule has 4 nitrogen and oxygen atoms in total. The largest absolute Gasteiger partial charge is 0.480 e. The van der Waals surface area contributed by atoms with E-state index in [4.69, 9.17) is 5.11 Å². The van der Waals surface area contributed by atoms with Crippen LogP contribution in [0.15, 0.2) is 43.1 Å². The Hall–Kier alpha value is -2.27. The van der Waals surface area contributed by atoms with Gasteiger partial charge in [0.05, 0.1) is 12.1 Å². The average molecular weight is 274 g/mol. The van der Waals surface area contributed by atoms with Crippen molar-refractivity contribution in [3.05, 3.63) is 54.5 Å². The predicted octanol–water partition coefficient (Wildman–Crippen LogP) is 2.45. The maximum Gasteiger partial charge on any atom is 0.317 e. The van der Waals surface area contributed by atoms with Crippen molar-refractivity contribution in [2.45, 2.75) is 6.54 Å². The second-order valence-electron chi connectivity index (χ2n) is 4.46. The summed E-state index contributed by atoms with van der Waals surface area (Å²) in [6.45, 7) is 4.34. The quantitative estimate of drug-likeness (QED) is 0.822. The molecule has 104 valence electrons. The van der Waals surface area contributed by atoms with E-state index in [0.717, 1.165) is 5.56 Å². The van der Waals surface area contributed by atoms with Crippen molar-refractivity contribution in [1.29, 1.82) is 0 Å². The van der Waals surface area contributed by atoms with Gasteiger partial charge < -0.3 is 5.11 Å². The minimum absolute atomic E-state index is 0.0995. The molecule has 0 aliphatic heterocycles. The zero-order valence-electron chi connectivity index (χ0n) is 10.9. The number of rotatable bonds is 6. The van der Waals surface area contributed by atoms with Crippen LogP contribution in [0.4, 0.5) is 4.39 Å². The van der Waals surface area contributed by atoms with Crippen molar-refractivity contribution >= 4 is 16.9 Å². The standard InChI is InChI=1S/C15H15FN2O2/c1-2-8-18(10-14(19)20)9-11-5-6-13(16)12-4-3-7-17-15(11)12/h2-7H,1,8-10H2,(H,19,20). The molecule has 0 bridgehead atoms. The number of pyridine rings is 1. The summed E-state index contributed by atoms with van der Waals surface area (Å²) >= 11 is 0. The molecule has 0 amide bonds. The van der Waals surface area contributed by atoms with Gasteiger partial charge in [-0.15, -0.1) is 6.58 Å². The molecule has 20 heavy (non-hydrogen) atoms. The molecule has 0 spiro atoms. The molecule has 1 N–H and O–H groups in total. The van der Waals surface area contributed by atoms with E-state index >= 15 is 0 Å². The van der Waals surface area contributed by atoms with Gasteiger partial charge in [0, 0.05) is 24.7 Å². The molecule has 2 rings (SSSR count). The molecule has 0 fully saturated rings. The first kappa shape index (κ1) is 14.1. The number of nitrogens with zero attached hydrogens (tertiary/aromatic N) is 2. The fourth-order valence-corrected chi connectivity index (χ4v) is 2.12. The highest BCUT2D eigenvalue weighted by Gasteiger charge is 2.12. The van der Waals surface area contributed by atoms with E-state index in [9.17, 15) is 9.18 Å². The van der Waals surface area contributed by atoms with Crippen LogP contribution in [0.5, 0.6) is 0 Å². The van der Waals surface area contributed by atoms with Gasteiger partial charge in [0.15, 0.2) is 0 Å². The van der Waals surface area contributed by atoms with Gasteiger partial charge in [-0.1, -0.05) is 12.1 Å². The molecule has 0 aliphatic carbocycles. The number of halogens is 1. The third-order valence-electron chi connectivity index (χ3n) is 2.94. The minimum atomic E-state index is -0.911. The Labute approximate surface area is 116 Å². The fourth-order valence-electron chi connectivity index (χ4n) is 2.12. The maximum atomic E-state index is 13.7. The Bertz CT molecular complexity index is 643. The van der Waals surface area contributed by atoms with Gasteiger partial charge >= 0.3 is 5.97 Å². The number of aromatic nitrogens is 1. The van der Waals surface area contributed by atoms with Crippen LogP contribution >= 0.6 is 0 Å². The normalized spacial score (nSPS) is 10.9. The van der Waals surface area contributed by atoms with Crippen LogP contribution in [0.3, 0.4) is 0 Å². The Kier molecular flexibility index (Phi) is 4.42. The van der Waals surface area contributed by atoms with E-state index in [1.807, 2.05) is 0 Å². The first-order chi connectivity index (χ1) is 9.61. The van der Waals surface area contributed by atoms with Crippen molar-refractivity contribution in [1.82, 2.24) is 9.88 Å². The molecule has 1 aromatic carbocycles. The molecule has 0 saturated carbocycles. The van der Waals surface area contributed by atoms with Crippen molar-refractivity contribution < 1.29 is 14.3 Å². The summed E-state index contributed by atoms with van der Waals surface area (Å²) in [4.78, 5) is 16.7. The highest BCUT2D eigenvalue weighted by molar-refractivity contribution is 5.82. The number of carboxylic acid groups (broad SMARTS) is 1. The molecule has 1 heterocycles. The lowest BCUT2D eigenvalue weighted by molar-refractivity contribution is -0.138. The molecule has 1 aromatic heterocycles. The molecule has 0 unspecified atom stereocenters. The molecule has 0 aliphatic rings. The number of aliphatic carboxylic acids is 1. The smallest absolute Gasteiger partial charge is 0.317 e. The molecule has 0 radical (unpaired) electrons. The van der Waals surface area contributed by atoms with Crippen LogP contribution in [0.2, 0.25) is 0 Å². The van der Waals surface area contributed by atoms with Crippen LogP contribution in [0.1, 0.15) is 5.56 Å². The summed E-state index contributed by atoms with van der Waals surface area (Å²) in [5.41, 5.74) is 1.36. The second-order valence-corrected chi connectivity index (χ2v) is 4.46. The van der Waals surface area contributed by atoms with Gasteiger partial charge in [-0.25, -0.2) is 4.39 Å². The summed E-state index contributed by atoms with van der Waals surface area (Å²) < 4.78 is 13.7. The van der Waals surface area contributed by atoms with Gasteiger partial charge in [0.1, 0.15) is 5.82 Å². The zero-order valence-corrected chi connectivity index (χ0v) is 10.9. The molecule has 2 aromatic rings. The van der Waals surface area contributed by atoms with E-state index < -0.39 is 5.97 Å². The zero-order chi connectivity index (χ0) is 14.5. The lowest BCUT2D eigenvalue weighted by Gasteiger charge is -2.19. The van der Waals surface area contributed by atoms with Crippen LogP contribution < -0.4 is 0 Å². The number of carboxylic acids is 1. The van der Waals surface area contributed by atoms with Crippen LogP contribution in [-0.4, -0.2) is 34.0 Å². The molecule has 5 heteroatoms. The van der Waals surface area contributed by atoms with E-state index in [0.29, 0.717) is 24.0 Å². The maximum absolute atomic E-state index is 13.7. The first-order valence-corrected chi connectivity index (χ1v) is 6.19. The van der Waals surface area contributed by atoms with E-state index in [2.05, 4.69) is 11.6 Å². The summed E-state index contributed by atoms with van der Waals surface area (Å²) in [5.74, 6) is -1.24. The van der Waals surface area contributed by atoms with Crippen molar-refractivity contribution in [2.75, 3.05) is 13.1 Å². The highest BCUT2D eigenvalue weighted by Crippen LogP contribution is 2.20. The highest BCUT2D eigenvalue weighted by atomic mass is 19.1. The average Bonchev–Trinajstić information content (AvgIpc) is 2.42. The van der Waals surface area contributed by atoms with Crippen LogP contribution in [0, 0.1) is 5.82 Å². The SMILES string of the molecule is C=CCN(CC(=O)O)Cc1ccc(F)c2cccnc12. The van der Waals surface area contributed by atoms with Crippen molar-refractivity contribution in [2.24, 2.45) is 0 Å². The molecule has 0 atom stereocenters. The fraction of sp³-hybridized carbons (Fsp3) is 0.200. The molecular weight excluding hydrogens is 259 g/mol. The lowest BCUT2D eigenvalue weighted by Crippen LogP contribution is -2.29. The van der Waals surface area contributed by atoms with Gasteiger partial charge in [-0.3, -0.25) is 14.7 Å². The summed E-state index contributed by atoms with van der Waals surface area (Å²) in [6.07, 6.45) is 3.24. The topological polar surface area (TPSA) is 53.4 Å². The third-order valence-corrected chi connectivity index (χ3v) is 2.94. The summed E-state index contributed by atoms with van der Waals surface area (Å²) in [6, 6.07) is 6.36. The van der Waals surface area contributed by atoms with E-state index in [-0.39, 0.29) is 12.4 Å². The summed E-state index contributed by atoms with van der Waals surface area (Å²) in [7, 11) is 0. The van der Waals surface area contributed by atoms with Gasteiger partial charge in [-0.2, -0.15) is 0 Å². The second kappa shape index (κ2) is 6.25. The number of benzene rings is 1. The number of carbonyl (C=O) groups is 1. The molecular formula is C15H15FN2O2. The first-order valence-electron chi connectivity index (χ1n) is 6.19. The lowest BCUT2D eigenvalue weighted by atomic mass is 10.1. The number of fused-ring (bicyclic) bond motifs is 1. The minimum Gasteiger partial charge on any atom is -0.480 e. The third kappa shape index (κ3) is 3.19. The Balaban J connectivity index is 2.34. The van der Waals surface area contributed by atoms with E-state index in [1.54, 1.807) is 35.4 Å². The van der Waals surface area contributed by atoms with Crippen LogP contribution in [-0.2, 0) is 11.3 Å². The van der Waals surface area contributed by atoms with E-state index in [1.165, 1.54) is 6.07 Å². The van der Waals surface area contributed by atoms with Gasteiger partial charge in [0.25, 0.3) is 0 Å². The van der Waals surface area contributed by atoms with Gasteiger partial charge in [0.2, 0.25) is 0 Å². The Morgan fingerprint density at radius 1 is 1.45 bits per heavy atom. The Morgan fingerprint density at radius 3 is 2.95 bits per heavy atom. The monoisotopic (exact) mass is 274 g/mol. The molecule has 0 saturated heterocycles. The number of hydrogen-bond donors (Lipinski definition) is 1.